The van der Waals surface area contributed by atoms with Crippen LogP contribution in [0.25, 0.3) is 6.08 Å². The number of esters is 1. The monoisotopic (exact) mass is 636 g/mol. The van der Waals surface area contributed by atoms with E-state index in [0.29, 0.717) is 21.8 Å². The highest BCUT2D eigenvalue weighted by atomic mass is 35.5. The van der Waals surface area contributed by atoms with Crippen LogP contribution in [0.1, 0.15) is 38.7 Å². The second-order valence-electron chi connectivity index (χ2n) is 12.1. The molecule has 1 amide bonds. The van der Waals surface area contributed by atoms with Gasteiger partial charge in [-0.05, 0) is 58.7 Å². The van der Waals surface area contributed by atoms with E-state index in [0.717, 1.165) is 22.4 Å². The molecule has 8 rings (SSSR count). The van der Waals surface area contributed by atoms with Gasteiger partial charge in [0, 0.05) is 22.0 Å². The third-order valence-electron chi connectivity index (χ3n) is 9.63. The van der Waals surface area contributed by atoms with Crippen molar-refractivity contribution in [2.45, 2.75) is 23.6 Å². The molecule has 0 aromatic heterocycles. The van der Waals surface area contributed by atoms with Crippen LogP contribution in [0.2, 0.25) is 5.02 Å². The van der Waals surface area contributed by atoms with E-state index in [2.05, 4.69) is 5.32 Å². The van der Waals surface area contributed by atoms with Crippen LogP contribution in [-0.4, -0.2) is 29.7 Å². The van der Waals surface area contributed by atoms with Crippen molar-refractivity contribution in [2.75, 3.05) is 10.2 Å². The van der Waals surface area contributed by atoms with Crippen LogP contribution < -0.4 is 10.2 Å². The summed E-state index contributed by atoms with van der Waals surface area (Å²) >= 11 is 6.23. The number of hydrogen-bond donors (Lipinski definition) is 1. The molecule has 0 radical (unpaired) electrons. The quantitative estimate of drug-likeness (QED) is 0.153. The highest BCUT2D eigenvalue weighted by Gasteiger charge is 2.71. The molecule has 1 saturated heterocycles. The summed E-state index contributed by atoms with van der Waals surface area (Å²) in [6, 6.07) is 39.0. The van der Waals surface area contributed by atoms with Crippen molar-refractivity contribution in [1.82, 2.24) is 0 Å². The minimum atomic E-state index is -1.43. The van der Waals surface area contributed by atoms with Gasteiger partial charge in [-0.3, -0.25) is 9.59 Å². The summed E-state index contributed by atoms with van der Waals surface area (Å²) in [5.74, 6) is -2.42. The minimum Gasteiger partial charge on any atom is -0.451 e. The lowest BCUT2D eigenvalue weighted by molar-refractivity contribution is -0.150. The van der Waals surface area contributed by atoms with Gasteiger partial charge in [0.15, 0.2) is 11.9 Å². The zero-order valence-electron chi connectivity index (χ0n) is 25.1. The summed E-state index contributed by atoms with van der Waals surface area (Å²) in [6.45, 7) is 0. The molecule has 5 aromatic carbocycles. The van der Waals surface area contributed by atoms with E-state index in [1.165, 1.54) is 0 Å². The smallest absolute Gasteiger partial charge is 0.330 e. The number of anilines is 2. The van der Waals surface area contributed by atoms with E-state index in [9.17, 15) is 9.59 Å². The number of para-hydroxylation sites is 2. The number of Topliss-reactive ketones (excluding diaryl/α,β-unsaturated/α-hetero) is 1. The molecule has 230 valence electrons. The summed E-state index contributed by atoms with van der Waals surface area (Å²) in [5, 5.41) is 3.54. The molecule has 7 heteroatoms. The second kappa shape index (κ2) is 11.4. The topological polar surface area (TPSA) is 75.7 Å². The van der Waals surface area contributed by atoms with Gasteiger partial charge in [-0.2, -0.15) is 0 Å². The van der Waals surface area contributed by atoms with Gasteiger partial charge in [0.1, 0.15) is 11.5 Å². The maximum atomic E-state index is 15.0. The number of halogens is 1. The molecule has 5 aromatic rings. The minimum absolute atomic E-state index is 0.331. The molecule has 3 aliphatic rings. The lowest BCUT2D eigenvalue weighted by Crippen LogP contribution is -2.51. The van der Waals surface area contributed by atoms with Gasteiger partial charge in [0.05, 0.1) is 12.0 Å². The van der Waals surface area contributed by atoms with Crippen LogP contribution in [0, 0.1) is 5.92 Å². The van der Waals surface area contributed by atoms with E-state index in [4.69, 9.17) is 16.3 Å². The maximum Gasteiger partial charge on any atom is 0.330 e. The van der Waals surface area contributed by atoms with Crippen LogP contribution in [0.15, 0.2) is 140 Å². The molecular weight excluding hydrogens is 608 g/mol. The van der Waals surface area contributed by atoms with Crippen LogP contribution in [-0.2, 0) is 19.7 Å². The van der Waals surface area contributed by atoms with E-state index in [1.807, 2.05) is 126 Å². The van der Waals surface area contributed by atoms with Gasteiger partial charge in [0.25, 0.3) is 0 Å². The summed E-state index contributed by atoms with van der Waals surface area (Å²) < 4.78 is 6.52. The molecule has 4 atom stereocenters. The number of ether oxygens (including phenoxy) is 1. The number of ketones is 1. The summed E-state index contributed by atoms with van der Waals surface area (Å²) in [5.41, 5.74) is 3.43. The average molecular weight is 637 g/mol. The molecule has 1 fully saturated rings. The normalized spacial score (nSPS) is 22.0. The predicted molar refractivity (Wildman–Crippen MR) is 182 cm³/mol. The fourth-order valence-corrected chi connectivity index (χ4v) is 7.78. The largest absolute Gasteiger partial charge is 0.451 e. The number of hydrogen-bond acceptors (Lipinski definition) is 5. The third kappa shape index (κ3) is 4.51. The third-order valence-corrected chi connectivity index (χ3v) is 9.89. The number of carbonyl (C=O) groups excluding carboxylic acids is 3. The standard InChI is InChI=1S/C40H29ClN2O4/c41-29-22-19-26(20-23-29)36(44)34-35(38(45)47-37(27-12-3-1-4-13-27)28-14-5-2-6-15-28)43-32-18-10-7-11-25(32)21-24-33(43)40(34)30-16-8-9-17-31(30)42-39(40)46/h1-24,33-35,37H,(H,42,46)/t33-,34-,35-,40-/m1/s1. The Bertz CT molecular complexity index is 2010. The summed E-state index contributed by atoms with van der Waals surface area (Å²) in [6.07, 6.45) is 3.18. The Labute approximate surface area is 277 Å². The first-order chi connectivity index (χ1) is 23.0. The number of amides is 1. The van der Waals surface area contributed by atoms with Crippen molar-refractivity contribution in [1.29, 1.82) is 0 Å². The molecule has 0 bridgehead atoms. The molecule has 0 unspecified atom stereocenters. The number of carbonyl (C=O) groups is 3. The fourth-order valence-electron chi connectivity index (χ4n) is 7.66. The van der Waals surface area contributed by atoms with Crippen molar-refractivity contribution >= 4 is 46.7 Å². The molecule has 3 aliphatic heterocycles. The average Bonchev–Trinajstić information content (AvgIpc) is 3.60. The fraction of sp³-hybridized carbons (Fsp3) is 0.125. The molecule has 0 saturated carbocycles. The molecule has 47 heavy (non-hydrogen) atoms. The number of nitrogens with one attached hydrogen (secondary N) is 1. The van der Waals surface area contributed by atoms with Crippen LogP contribution in [0.4, 0.5) is 11.4 Å². The van der Waals surface area contributed by atoms with Crippen molar-refractivity contribution in [3.8, 4) is 0 Å². The Morgan fingerprint density at radius 1 is 0.766 bits per heavy atom. The molecule has 0 aliphatic carbocycles. The first-order valence-corrected chi connectivity index (χ1v) is 15.9. The molecule has 6 nitrogen and oxygen atoms in total. The zero-order chi connectivity index (χ0) is 32.1. The first kappa shape index (κ1) is 29.0. The SMILES string of the molecule is O=C(OC(c1ccccc1)c1ccccc1)[C@H]1[C@H](C(=O)c2ccc(Cl)cc2)[C@]2(C(=O)Nc3ccccc32)[C@H]2C=Cc3ccccc3N12. The lowest BCUT2D eigenvalue weighted by atomic mass is 9.64. The Kier molecular flexibility index (Phi) is 7.03. The number of nitrogens with zero attached hydrogens (tertiary/aromatic N) is 1. The highest BCUT2D eigenvalue weighted by molar-refractivity contribution is 6.30. The molecule has 3 heterocycles. The van der Waals surface area contributed by atoms with E-state index in [-0.39, 0.29) is 11.7 Å². The predicted octanol–water partition coefficient (Wildman–Crippen LogP) is 7.65. The number of benzene rings is 5. The van der Waals surface area contributed by atoms with Gasteiger partial charge >= 0.3 is 5.97 Å². The Hall–Kier alpha value is -5.46. The summed E-state index contributed by atoms with van der Waals surface area (Å²) in [4.78, 5) is 46.5. The van der Waals surface area contributed by atoms with Gasteiger partial charge in [-0.15, -0.1) is 0 Å². The van der Waals surface area contributed by atoms with Gasteiger partial charge < -0.3 is 15.0 Å². The Balaban J connectivity index is 1.35. The molecule has 1 N–H and O–H groups in total. The van der Waals surface area contributed by atoms with Crippen LogP contribution in [0.3, 0.4) is 0 Å². The second-order valence-corrected chi connectivity index (χ2v) is 12.5. The maximum absolute atomic E-state index is 15.0. The van der Waals surface area contributed by atoms with Crippen LogP contribution in [0.5, 0.6) is 0 Å². The van der Waals surface area contributed by atoms with Gasteiger partial charge in [0.2, 0.25) is 5.91 Å². The summed E-state index contributed by atoms with van der Waals surface area (Å²) in [7, 11) is 0. The van der Waals surface area contributed by atoms with Crippen LogP contribution >= 0.6 is 11.6 Å². The highest BCUT2D eigenvalue weighted by Crippen LogP contribution is 2.58. The Morgan fingerprint density at radius 3 is 2.09 bits per heavy atom. The first-order valence-electron chi connectivity index (χ1n) is 15.5. The zero-order valence-corrected chi connectivity index (χ0v) is 25.9. The van der Waals surface area contributed by atoms with E-state index in [1.54, 1.807) is 24.3 Å². The number of rotatable bonds is 6. The molecule has 1 spiro atoms. The lowest BCUT2D eigenvalue weighted by Gasteiger charge is -2.37. The van der Waals surface area contributed by atoms with Crippen molar-refractivity contribution < 1.29 is 19.1 Å². The van der Waals surface area contributed by atoms with Crippen molar-refractivity contribution in [2.24, 2.45) is 5.92 Å². The Morgan fingerprint density at radius 2 is 1.38 bits per heavy atom. The van der Waals surface area contributed by atoms with E-state index < -0.39 is 35.5 Å². The van der Waals surface area contributed by atoms with E-state index >= 15 is 4.79 Å². The van der Waals surface area contributed by atoms with Gasteiger partial charge in [-0.1, -0.05) is 121 Å². The van der Waals surface area contributed by atoms with Crippen molar-refractivity contribution in [3.63, 3.8) is 0 Å². The van der Waals surface area contributed by atoms with Gasteiger partial charge in [-0.25, -0.2) is 4.79 Å². The molecular formula is C40H29ClN2O4. The number of fused-ring (bicyclic) bond motifs is 6. The van der Waals surface area contributed by atoms with Crippen molar-refractivity contribution in [3.05, 3.63) is 172 Å².